The van der Waals surface area contributed by atoms with Crippen LogP contribution in [-0.2, 0) is 4.79 Å². The second-order valence-corrected chi connectivity index (χ2v) is 6.69. The van der Waals surface area contributed by atoms with Crippen LogP contribution in [0.25, 0.3) is 0 Å². The molecular weight excluding hydrogens is 278 g/mol. The maximum absolute atomic E-state index is 12.5. The molecule has 1 aromatic rings. The number of nitrogens with two attached hydrogens (primary N) is 1. The summed E-state index contributed by atoms with van der Waals surface area (Å²) in [6.45, 7) is 6.94. The predicted molar refractivity (Wildman–Crippen MR) is 85.3 cm³/mol. The summed E-state index contributed by atoms with van der Waals surface area (Å²) in [6, 6.07) is 7.30. The van der Waals surface area contributed by atoms with Gasteiger partial charge in [-0.15, -0.1) is 0 Å². The number of carbonyl (C=O) groups excluding carboxylic acids is 1. The van der Waals surface area contributed by atoms with E-state index in [-0.39, 0.29) is 11.9 Å². The predicted octanol–water partition coefficient (Wildman–Crippen LogP) is 2.56. The monoisotopic (exact) mass is 301 g/mol. The van der Waals surface area contributed by atoms with Gasteiger partial charge in [-0.3, -0.25) is 4.79 Å². The SMILES string of the molecule is CC(C)(C)C(=O)N1CCCC1COc1cccc(N)c1C#N. The van der Waals surface area contributed by atoms with Crippen molar-refractivity contribution < 1.29 is 9.53 Å². The molecule has 2 rings (SSSR count). The number of ether oxygens (including phenoxy) is 1. The van der Waals surface area contributed by atoms with Crippen LogP contribution in [0, 0.1) is 16.7 Å². The Labute approximate surface area is 131 Å². The summed E-state index contributed by atoms with van der Waals surface area (Å²) < 4.78 is 5.79. The average Bonchev–Trinajstić information content (AvgIpc) is 2.91. The maximum Gasteiger partial charge on any atom is 0.228 e. The normalized spacial score (nSPS) is 18.1. The Kier molecular flexibility index (Phi) is 4.60. The number of hydrogen-bond donors (Lipinski definition) is 1. The van der Waals surface area contributed by atoms with E-state index < -0.39 is 5.41 Å². The third kappa shape index (κ3) is 3.33. The molecule has 1 saturated heterocycles. The quantitative estimate of drug-likeness (QED) is 0.870. The van der Waals surface area contributed by atoms with Crippen LogP contribution in [0.4, 0.5) is 5.69 Å². The zero-order valence-corrected chi connectivity index (χ0v) is 13.4. The van der Waals surface area contributed by atoms with Gasteiger partial charge in [0.25, 0.3) is 0 Å². The van der Waals surface area contributed by atoms with Crippen molar-refractivity contribution in [2.45, 2.75) is 39.7 Å². The molecule has 0 saturated carbocycles. The van der Waals surface area contributed by atoms with Crippen LogP contribution in [0.2, 0.25) is 0 Å². The number of nitrogens with zero attached hydrogens (tertiary/aromatic N) is 2. The van der Waals surface area contributed by atoms with Crippen molar-refractivity contribution >= 4 is 11.6 Å². The Hall–Kier alpha value is -2.22. The van der Waals surface area contributed by atoms with E-state index in [0.29, 0.717) is 23.6 Å². The molecule has 0 radical (unpaired) electrons. The van der Waals surface area contributed by atoms with Crippen LogP contribution >= 0.6 is 0 Å². The molecule has 1 atom stereocenters. The summed E-state index contributed by atoms with van der Waals surface area (Å²) in [6.07, 6.45) is 1.91. The number of amides is 1. The van der Waals surface area contributed by atoms with Crippen LogP contribution in [-0.4, -0.2) is 30.0 Å². The van der Waals surface area contributed by atoms with Crippen molar-refractivity contribution in [3.63, 3.8) is 0 Å². The fourth-order valence-corrected chi connectivity index (χ4v) is 2.68. The van der Waals surface area contributed by atoms with E-state index in [0.717, 1.165) is 19.4 Å². The third-order valence-electron chi connectivity index (χ3n) is 3.88. The number of anilines is 1. The van der Waals surface area contributed by atoms with Crippen molar-refractivity contribution in [1.29, 1.82) is 5.26 Å². The third-order valence-corrected chi connectivity index (χ3v) is 3.88. The number of carbonyl (C=O) groups is 1. The van der Waals surface area contributed by atoms with Crippen molar-refractivity contribution in [2.24, 2.45) is 5.41 Å². The first-order valence-corrected chi connectivity index (χ1v) is 7.57. The molecule has 0 spiro atoms. The molecule has 1 aliphatic rings. The van der Waals surface area contributed by atoms with E-state index in [1.165, 1.54) is 0 Å². The van der Waals surface area contributed by atoms with Gasteiger partial charge in [-0.2, -0.15) is 5.26 Å². The van der Waals surface area contributed by atoms with Crippen LogP contribution in [0.3, 0.4) is 0 Å². The number of nitrogen functional groups attached to an aromatic ring is 1. The minimum absolute atomic E-state index is 0.0553. The van der Waals surface area contributed by atoms with Gasteiger partial charge in [0, 0.05) is 12.0 Å². The lowest BCUT2D eigenvalue weighted by Gasteiger charge is -2.31. The number of likely N-dealkylation sites (tertiary alicyclic amines) is 1. The lowest BCUT2D eigenvalue weighted by molar-refractivity contribution is -0.140. The standard InChI is InChI=1S/C17H23N3O2/c1-17(2,3)16(21)20-9-5-6-12(20)11-22-15-8-4-7-14(19)13(15)10-18/h4,7-8,12H,5-6,9,11,19H2,1-3H3. The largest absolute Gasteiger partial charge is 0.490 e. The number of hydrogen-bond acceptors (Lipinski definition) is 4. The first kappa shape index (κ1) is 16.2. The van der Waals surface area contributed by atoms with Gasteiger partial charge in [-0.05, 0) is 25.0 Å². The van der Waals surface area contributed by atoms with Crippen molar-refractivity contribution in [1.82, 2.24) is 4.90 Å². The van der Waals surface area contributed by atoms with Crippen LogP contribution in [0.15, 0.2) is 18.2 Å². The second kappa shape index (κ2) is 6.27. The van der Waals surface area contributed by atoms with Gasteiger partial charge in [-0.25, -0.2) is 0 Å². The Morgan fingerprint density at radius 2 is 2.23 bits per heavy atom. The topological polar surface area (TPSA) is 79.3 Å². The number of rotatable bonds is 3. The molecule has 1 fully saturated rings. The highest BCUT2D eigenvalue weighted by Crippen LogP contribution is 2.28. The van der Waals surface area contributed by atoms with Gasteiger partial charge >= 0.3 is 0 Å². The smallest absolute Gasteiger partial charge is 0.228 e. The Balaban J connectivity index is 2.07. The fourth-order valence-electron chi connectivity index (χ4n) is 2.68. The van der Waals surface area contributed by atoms with Gasteiger partial charge in [0.05, 0.1) is 11.7 Å². The van der Waals surface area contributed by atoms with Crippen LogP contribution in [0.5, 0.6) is 5.75 Å². The Morgan fingerprint density at radius 3 is 2.86 bits per heavy atom. The van der Waals surface area contributed by atoms with Gasteiger partial charge in [0.2, 0.25) is 5.91 Å². The minimum Gasteiger partial charge on any atom is -0.490 e. The average molecular weight is 301 g/mol. The van der Waals surface area contributed by atoms with E-state index in [9.17, 15) is 4.79 Å². The minimum atomic E-state index is -0.391. The van der Waals surface area contributed by atoms with E-state index in [1.54, 1.807) is 18.2 Å². The molecule has 22 heavy (non-hydrogen) atoms. The Morgan fingerprint density at radius 1 is 1.50 bits per heavy atom. The van der Waals surface area contributed by atoms with E-state index in [4.69, 9.17) is 15.7 Å². The zero-order chi connectivity index (χ0) is 16.3. The van der Waals surface area contributed by atoms with Gasteiger partial charge < -0.3 is 15.4 Å². The first-order valence-electron chi connectivity index (χ1n) is 7.57. The van der Waals surface area contributed by atoms with Crippen LogP contribution in [0.1, 0.15) is 39.2 Å². The summed E-state index contributed by atoms with van der Waals surface area (Å²) in [5.74, 6) is 0.629. The second-order valence-electron chi connectivity index (χ2n) is 6.69. The highest BCUT2D eigenvalue weighted by molar-refractivity contribution is 5.82. The summed E-state index contributed by atoms with van der Waals surface area (Å²) >= 11 is 0. The highest BCUT2D eigenvalue weighted by atomic mass is 16.5. The van der Waals surface area contributed by atoms with Crippen LogP contribution < -0.4 is 10.5 Å². The first-order chi connectivity index (χ1) is 10.3. The zero-order valence-electron chi connectivity index (χ0n) is 13.4. The molecule has 1 aliphatic heterocycles. The van der Waals surface area contributed by atoms with Crippen molar-refractivity contribution in [3.8, 4) is 11.8 Å². The molecule has 5 nitrogen and oxygen atoms in total. The van der Waals surface area contributed by atoms with Gasteiger partial charge in [0.15, 0.2) is 0 Å². The molecule has 5 heteroatoms. The molecule has 1 heterocycles. The lowest BCUT2D eigenvalue weighted by atomic mass is 9.94. The molecule has 118 valence electrons. The van der Waals surface area contributed by atoms with E-state index in [1.807, 2.05) is 25.7 Å². The van der Waals surface area contributed by atoms with Gasteiger partial charge in [0.1, 0.15) is 24.0 Å². The molecule has 1 unspecified atom stereocenters. The fraction of sp³-hybridized carbons (Fsp3) is 0.529. The molecule has 1 amide bonds. The number of benzene rings is 1. The van der Waals surface area contributed by atoms with Gasteiger partial charge in [-0.1, -0.05) is 26.8 Å². The summed E-state index contributed by atoms with van der Waals surface area (Å²) in [5, 5.41) is 9.16. The maximum atomic E-state index is 12.5. The Bertz CT molecular complexity index is 599. The molecular formula is C17H23N3O2. The van der Waals surface area contributed by atoms with E-state index in [2.05, 4.69) is 6.07 Å². The van der Waals surface area contributed by atoms with Crippen molar-refractivity contribution in [3.05, 3.63) is 23.8 Å². The highest BCUT2D eigenvalue weighted by Gasteiger charge is 2.35. The molecule has 2 N–H and O–H groups in total. The summed E-state index contributed by atoms with van der Waals surface area (Å²) in [5.41, 5.74) is 6.16. The summed E-state index contributed by atoms with van der Waals surface area (Å²) in [4.78, 5) is 14.4. The summed E-state index contributed by atoms with van der Waals surface area (Å²) in [7, 11) is 0. The number of nitriles is 1. The molecule has 0 aliphatic carbocycles. The van der Waals surface area contributed by atoms with Crippen molar-refractivity contribution in [2.75, 3.05) is 18.9 Å². The molecule has 0 bridgehead atoms. The molecule has 1 aromatic carbocycles. The molecule has 0 aromatic heterocycles. The lowest BCUT2D eigenvalue weighted by Crippen LogP contribution is -2.44. The van der Waals surface area contributed by atoms with E-state index >= 15 is 0 Å².